The van der Waals surface area contributed by atoms with E-state index in [1.807, 2.05) is 36.4 Å². The maximum Gasteiger partial charge on any atom is 0.145 e. The molecule has 0 atom stereocenters. The quantitative estimate of drug-likeness (QED) is 0.196. The number of benzene rings is 7. The van der Waals surface area contributed by atoms with Crippen molar-refractivity contribution in [3.8, 4) is 56.5 Å². The Hall–Kier alpha value is -6.52. The van der Waals surface area contributed by atoms with Crippen LogP contribution in [0.1, 0.15) is 0 Å². The van der Waals surface area contributed by atoms with Gasteiger partial charge in [0.15, 0.2) is 0 Å². The number of imidazole rings is 1. The molecule has 4 nitrogen and oxygen atoms in total. The zero-order valence-corrected chi connectivity index (χ0v) is 26.0. The first-order chi connectivity index (χ1) is 23.7. The maximum atomic E-state index is 10.9. The minimum Gasteiger partial charge on any atom is -0.507 e. The van der Waals surface area contributed by atoms with E-state index in [0.717, 1.165) is 83.2 Å². The van der Waals surface area contributed by atoms with Gasteiger partial charge in [0.1, 0.15) is 17.3 Å². The molecule has 0 spiro atoms. The standard InChI is InChI=1S/C44H29N3O/c48-40-23-10-18-32-24-25-33-26-27-38(45-42(33)41(32)40)39-28-47(44(46-39)37-22-9-17-29-16-7-8-19-34(29)37)43-35(30-12-3-1-4-13-30)20-11-21-36(43)31-14-5-2-6-15-31/h1-28,48H. The molecule has 2 aromatic heterocycles. The van der Waals surface area contributed by atoms with Gasteiger partial charge < -0.3 is 5.11 Å². The van der Waals surface area contributed by atoms with Gasteiger partial charge in [-0.25, -0.2) is 9.97 Å². The Morgan fingerprint density at radius 1 is 0.438 bits per heavy atom. The number of hydrogen-bond donors (Lipinski definition) is 1. The smallest absolute Gasteiger partial charge is 0.145 e. The normalized spacial score (nSPS) is 11.4. The number of aromatic nitrogens is 3. The molecule has 9 rings (SSSR count). The van der Waals surface area contributed by atoms with E-state index in [9.17, 15) is 5.11 Å². The number of phenolic OH excluding ortho intramolecular Hbond substituents is 1. The fraction of sp³-hybridized carbons (Fsp3) is 0. The highest BCUT2D eigenvalue weighted by atomic mass is 16.3. The molecule has 0 radical (unpaired) electrons. The summed E-state index contributed by atoms with van der Waals surface area (Å²) >= 11 is 0. The van der Waals surface area contributed by atoms with E-state index in [4.69, 9.17) is 9.97 Å². The number of aromatic hydroxyl groups is 1. The van der Waals surface area contributed by atoms with Gasteiger partial charge in [-0.3, -0.25) is 4.57 Å². The summed E-state index contributed by atoms with van der Waals surface area (Å²) in [5, 5.41) is 15.8. The third kappa shape index (κ3) is 4.62. The van der Waals surface area contributed by atoms with Crippen molar-refractivity contribution < 1.29 is 5.11 Å². The fourth-order valence-electron chi connectivity index (χ4n) is 6.87. The molecule has 226 valence electrons. The zero-order chi connectivity index (χ0) is 32.0. The molecule has 1 N–H and O–H groups in total. The second-order valence-corrected chi connectivity index (χ2v) is 12.0. The molecule has 0 saturated heterocycles. The Kier molecular flexibility index (Phi) is 6.58. The van der Waals surface area contributed by atoms with Crippen LogP contribution in [0.25, 0.3) is 83.2 Å². The van der Waals surface area contributed by atoms with Gasteiger partial charge in [-0.15, -0.1) is 0 Å². The fourth-order valence-corrected chi connectivity index (χ4v) is 6.87. The molecule has 0 fully saturated rings. The Bertz CT molecular complexity index is 2560. The number of phenols is 1. The van der Waals surface area contributed by atoms with Gasteiger partial charge in [-0.2, -0.15) is 0 Å². The van der Waals surface area contributed by atoms with Crippen molar-refractivity contribution in [3.63, 3.8) is 0 Å². The second kappa shape index (κ2) is 11.4. The third-order valence-corrected chi connectivity index (χ3v) is 9.13. The van der Waals surface area contributed by atoms with Crippen LogP contribution in [0, 0.1) is 0 Å². The number of fused-ring (bicyclic) bond motifs is 4. The highest BCUT2D eigenvalue weighted by Crippen LogP contribution is 2.41. The summed E-state index contributed by atoms with van der Waals surface area (Å²) in [5.74, 6) is 1.04. The number of rotatable bonds is 5. The van der Waals surface area contributed by atoms with Gasteiger partial charge in [-0.1, -0.05) is 152 Å². The molecule has 0 bridgehead atoms. The molecule has 0 saturated carbocycles. The van der Waals surface area contributed by atoms with Crippen molar-refractivity contribution in [1.82, 2.24) is 14.5 Å². The Morgan fingerprint density at radius 3 is 1.79 bits per heavy atom. The Morgan fingerprint density at radius 2 is 1.02 bits per heavy atom. The van der Waals surface area contributed by atoms with Crippen molar-refractivity contribution in [3.05, 3.63) is 170 Å². The molecule has 48 heavy (non-hydrogen) atoms. The predicted octanol–water partition coefficient (Wildman–Crippen LogP) is 11.1. The van der Waals surface area contributed by atoms with Gasteiger partial charge in [0.05, 0.1) is 16.9 Å². The van der Waals surface area contributed by atoms with Crippen LogP contribution in [-0.2, 0) is 0 Å². The monoisotopic (exact) mass is 615 g/mol. The zero-order valence-electron chi connectivity index (χ0n) is 26.0. The summed E-state index contributed by atoms with van der Waals surface area (Å²) in [6.07, 6.45) is 2.12. The number of nitrogens with zero attached hydrogens (tertiary/aromatic N) is 3. The SMILES string of the molecule is Oc1cccc2ccc3ccc(-c4cn(-c5c(-c6ccccc6)cccc5-c5ccccc5)c(-c5cccc6ccccc56)n4)nc3c12. The Balaban J connectivity index is 1.37. The van der Waals surface area contributed by atoms with Crippen LogP contribution >= 0.6 is 0 Å². The largest absolute Gasteiger partial charge is 0.507 e. The molecular formula is C44H29N3O. The van der Waals surface area contributed by atoms with Gasteiger partial charge in [-0.05, 0) is 39.4 Å². The van der Waals surface area contributed by atoms with E-state index in [-0.39, 0.29) is 5.75 Å². The van der Waals surface area contributed by atoms with E-state index in [0.29, 0.717) is 0 Å². The average molecular weight is 616 g/mol. The molecule has 0 aliphatic heterocycles. The lowest BCUT2D eigenvalue weighted by atomic mass is 9.95. The first-order valence-corrected chi connectivity index (χ1v) is 16.1. The van der Waals surface area contributed by atoms with Gasteiger partial charge in [0.2, 0.25) is 0 Å². The number of pyridine rings is 1. The lowest BCUT2D eigenvalue weighted by molar-refractivity contribution is 0.482. The molecule has 2 heterocycles. The summed E-state index contributed by atoms with van der Waals surface area (Å²) < 4.78 is 2.24. The summed E-state index contributed by atoms with van der Waals surface area (Å²) in [4.78, 5) is 10.6. The van der Waals surface area contributed by atoms with Crippen molar-refractivity contribution >= 4 is 32.4 Å². The van der Waals surface area contributed by atoms with Gasteiger partial charge in [0, 0.05) is 33.7 Å². The molecular weight excluding hydrogens is 587 g/mol. The van der Waals surface area contributed by atoms with Crippen molar-refractivity contribution in [2.75, 3.05) is 0 Å². The lowest BCUT2D eigenvalue weighted by Gasteiger charge is -2.19. The molecule has 0 unspecified atom stereocenters. The number of para-hydroxylation sites is 1. The van der Waals surface area contributed by atoms with Crippen LogP contribution in [0.15, 0.2) is 170 Å². The van der Waals surface area contributed by atoms with Crippen molar-refractivity contribution in [1.29, 1.82) is 0 Å². The highest BCUT2D eigenvalue weighted by molar-refractivity contribution is 6.09. The first kappa shape index (κ1) is 27.8. The minimum atomic E-state index is 0.217. The third-order valence-electron chi connectivity index (χ3n) is 9.13. The molecule has 9 aromatic rings. The molecule has 0 amide bonds. The molecule has 0 aliphatic carbocycles. The molecule has 7 aromatic carbocycles. The second-order valence-electron chi connectivity index (χ2n) is 12.0. The average Bonchev–Trinajstić information content (AvgIpc) is 3.60. The summed E-state index contributed by atoms with van der Waals surface area (Å²) in [5.41, 5.74) is 8.75. The van der Waals surface area contributed by atoms with Crippen LogP contribution in [0.4, 0.5) is 0 Å². The molecule has 4 heteroatoms. The van der Waals surface area contributed by atoms with Crippen molar-refractivity contribution in [2.45, 2.75) is 0 Å². The van der Waals surface area contributed by atoms with E-state index in [1.165, 1.54) is 0 Å². The van der Waals surface area contributed by atoms with Crippen LogP contribution in [-0.4, -0.2) is 19.6 Å². The predicted molar refractivity (Wildman–Crippen MR) is 197 cm³/mol. The van der Waals surface area contributed by atoms with Gasteiger partial charge >= 0.3 is 0 Å². The van der Waals surface area contributed by atoms with E-state index in [1.54, 1.807) is 6.07 Å². The summed E-state index contributed by atoms with van der Waals surface area (Å²) in [6.45, 7) is 0. The van der Waals surface area contributed by atoms with E-state index < -0.39 is 0 Å². The molecule has 0 aliphatic rings. The summed E-state index contributed by atoms with van der Waals surface area (Å²) in [6, 6.07) is 56.1. The summed E-state index contributed by atoms with van der Waals surface area (Å²) in [7, 11) is 0. The van der Waals surface area contributed by atoms with Crippen LogP contribution in [0.3, 0.4) is 0 Å². The highest BCUT2D eigenvalue weighted by Gasteiger charge is 2.22. The lowest BCUT2D eigenvalue weighted by Crippen LogP contribution is -2.02. The first-order valence-electron chi connectivity index (χ1n) is 16.1. The topological polar surface area (TPSA) is 50.9 Å². The van der Waals surface area contributed by atoms with E-state index >= 15 is 0 Å². The van der Waals surface area contributed by atoms with Crippen LogP contribution < -0.4 is 0 Å². The maximum absolute atomic E-state index is 10.9. The van der Waals surface area contributed by atoms with Crippen molar-refractivity contribution in [2.24, 2.45) is 0 Å². The van der Waals surface area contributed by atoms with E-state index in [2.05, 4.69) is 132 Å². The van der Waals surface area contributed by atoms with Crippen LogP contribution in [0.2, 0.25) is 0 Å². The van der Waals surface area contributed by atoms with Crippen LogP contribution in [0.5, 0.6) is 5.75 Å². The van der Waals surface area contributed by atoms with Gasteiger partial charge in [0.25, 0.3) is 0 Å². The minimum absolute atomic E-state index is 0.217. The number of hydrogen-bond acceptors (Lipinski definition) is 3. The Labute approximate surface area is 277 Å².